The molecule has 1 fully saturated rings. The number of nitrogens with one attached hydrogen (secondary N) is 4. The number of nitrogens with two attached hydrogens (primary N) is 2. The lowest BCUT2D eigenvalue weighted by Gasteiger charge is -2.39. The fourth-order valence-corrected chi connectivity index (χ4v) is 4.15. The van der Waals surface area contributed by atoms with Crippen LogP contribution in [0.25, 0.3) is 0 Å². The van der Waals surface area contributed by atoms with Crippen molar-refractivity contribution in [3.05, 3.63) is 70.8 Å². The number of amides is 4. The number of carbonyl (C=O) groups excluding carboxylic acids is 5. The van der Waals surface area contributed by atoms with Crippen molar-refractivity contribution in [2.75, 3.05) is 26.2 Å². The van der Waals surface area contributed by atoms with Crippen LogP contribution in [0.2, 0.25) is 0 Å². The number of hydrogen-bond donors (Lipinski definition) is 6. The highest BCUT2D eigenvalue weighted by atomic mass is 16.7. The van der Waals surface area contributed by atoms with Gasteiger partial charge in [0.2, 0.25) is 5.91 Å². The Balaban J connectivity index is 1.59. The lowest BCUT2D eigenvalue weighted by atomic mass is 10.1. The molecule has 0 spiro atoms. The van der Waals surface area contributed by atoms with E-state index in [9.17, 15) is 24.0 Å². The number of piperazine rings is 1. The van der Waals surface area contributed by atoms with Crippen LogP contribution in [-0.2, 0) is 19.2 Å². The van der Waals surface area contributed by atoms with Crippen LogP contribution in [0.15, 0.2) is 48.5 Å². The summed E-state index contributed by atoms with van der Waals surface area (Å²) in [6.07, 6.45) is 0.479. The molecule has 3 rings (SSSR count). The summed E-state index contributed by atoms with van der Waals surface area (Å²) < 4.78 is 0. The summed E-state index contributed by atoms with van der Waals surface area (Å²) in [5, 5.41) is 21.0. The number of rotatable bonds is 11. The molecule has 0 radical (unpaired) electrons. The van der Waals surface area contributed by atoms with Crippen LogP contribution >= 0.6 is 0 Å². The van der Waals surface area contributed by atoms with Crippen LogP contribution in [0.4, 0.5) is 0 Å². The number of nitrogens with zero attached hydrogens (tertiary/aromatic N) is 2. The standard InChI is InChI=1S/C27H32N8O6/c1-16(36)41-35-14-13-34(22(37)15-33-26(39)20-10-6-18(7-11-20)24(30)31)21(27(35)40)3-2-12-32-25(38)19-8-4-17(5-9-19)23(28)29/h4-11,21H,2-3,12-15H2,1H3,(H3,28,29)(H3,30,31)(H,32,38)(H,33,39). The summed E-state index contributed by atoms with van der Waals surface area (Å²) in [6.45, 7) is 1.02. The number of nitrogen functional groups attached to an aromatic ring is 2. The van der Waals surface area contributed by atoms with E-state index in [0.29, 0.717) is 23.1 Å². The van der Waals surface area contributed by atoms with Crippen molar-refractivity contribution in [3.8, 4) is 0 Å². The fraction of sp³-hybridized carbons (Fsp3) is 0.296. The largest absolute Gasteiger partial charge is 0.384 e. The average Bonchev–Trinajstić information content (AvgIpc) is 2.95. The Morgan fingerprint density at radius 1 is 0.854 bits per heavy atom. The van der Waals surface area contributed by atoms with E-state index < -0.39 is 29.7 Å². The molecular formula is C27H32N8O6. The summed E-state index contributed by atoms with van der Waals surface area (Å²) in [7, 11) is 0. The van der Waals surface area contributed by atoms with Crippen LogP contribution in [0, 0.1) is 10.8 Å². The van der Waals surface area contributed by atoms with Crippen LogP contribution in [0.1, 0.15) is 51.6 Å². The van der Waals surface area contributed by atoms with Crippen LogP contribution in [0.3, 0.4) is 0 Å². The van der Waals surface area contributed by atoms with E-state index in [4.69, 9.17) is 27.1 Å². The van der Waals surface area contributed by atoms with Gasteiger partial charge in [-0.15, -0.1) is 0 Å². The number of carbonyl (C=O) groups is 5. The zero-order valence-electron chi connectivity index (χ0n) is 22.4. The molecule has 1 saturated heterocycles. The summed E-state index contributed by atoms with van der Waals surface area (Å²) in [6, 6.07) is 11.2. The first-order valence-electron chi connectivity index (χ1n) is 12.7. The highest BCUT2D eigenvalue weighted by Gasteiger charge is 2.38. The van der Waals surface area contributed by atoms with Gasteiger partial charge in [0.1, 0.15) is 17.7 Å². The van der Waals surface area contributed by atoms with Crippen molar-refractivity contribution in [1.29, 1.82) is 10.8 Å². The molecule has 0 bridgehead atoms. The van der Waals surface area contributed by atoms with Crippen molar-refractivity contribution in [2.24, 2.45) is 11.5 Å². The minimum atomic E-state index is -0.978. The third kappa shape index (κ3) is 8.11. The van der Waals surface area contributed by atoms with E-state index >= 15 is 0 Å². The average molecular weight is 565 g/mol. The Morgan fingerprint density at radius 3 is 1.83 bits per heavy atom. The normalized spacial score (nSPS) is 14.7. The molecule has 1 atom stereocenters. The SMILES string of the molecule is CC(=O)ON1CCN(C(=O)CNC(=O)c2ccc(C(=N)N)cc2)C(CCCNC(=O)c2ccc(C(=N)N)cc2)C1=O. The predicted molar refractivity (Wildman–Crippen MR) is 148 cm³/mol. The highest BCUT2D eigenvalue weighted by molar-refractivity contribution is 6.00. The Morgan fingerprint density at radius 2 is 1.34 bits per heavy atom. The van der Waals surface area contributed by atoms with E-state index in [1.165, 1.54) is 29.2 Å². The van der Waals surface area contributed by atoms with Crippen LogP contribution in [0.5, 0.6) is 0 Å². The minimum Gasteiger partial charge on any atom is -0.384 e. The number of benzene rings is 2. The monoisotopic (exact) mass is 564 g/mol. The van der Waals surface area contributed by atoms with Gasteiger partial charge in [-0.3, -0.25) is 34.8 Å². The van der Waals surface area contributed by atoms with Crippen molar-refractivity contribution in [2.45, 2.75) is 25.8 Å². The number of amidine groups is 2. The summed E-state index contributed by atoms with van der Waals surface area (Å²) in [5.74, 6) is -2.90. The second kappa shape index (κ2) is 13.7. The molecule has 216 valence electrons. The quantitative estimate of drug-likeness (QED) is 0.120. The number of hydroxylamine groups is 2. The van der Waals surface area contributed by atoms with Gasteiger partial charge in [0, 0.05) is 42.3 Å². The van der Waals surface area contributed by atoms with E-state index in [-0.39, 0.29) is 55.7 Å². The molecule has 14 nitrogen and oxygen atoms in total. The summed E-state index contributed by atoms with van der Waals surface area (Å²) >= 11 is 0. The summed E-state index contributed by atoms with van der Waals surface area (Å²) in [4.78, 5) is 68.9. The highest BCUT2D eigenvalue weighted by Crippen LogP contribution is 2.17. The molecule has 0 aliphatic carbocycles. The van der Waals surface area contributed by atoms with E-state index in [2.05, 4.69) is 10.6 Å². The Kier molecular flexibility index (Phi) is 10.1. The van der Waals surface area contributed by atoms with Gasteiger partial charge in [-0.1, -0.05) is 24.3 Å². The zero-order valence-corrected chi connectivity index (χ0v) is 22.4. The minimum absolute atomic E-state index is 0.0336. The molecule has 14 heteroatoms. The molecule has 41 heavy (non-hydrogen) atoms. The molecule has 8 N–H and O–H groups in total. The van der Waals surface area contributed by atoms with Crippen molar-refractivity contribution < 1.29 is 28.8 Å². The molecule has 0 aromatic heterocycles. The number of hydrogen-bond acceptors (Lipinski definition) is 8. The van der Waals surface area contributed by atoms with E-state index in [1.807, 2.05) is 0 Å². The van der Waals surface area contributed by atoms with Crippen LogP contribution < -0.4 is 22.1 Å². The Bertz CT molecular complexity index is 1340. The topological polar surface area (TPSA) is 225 Å². The van der Waals surface area contributed by atoms with Gasteiger partial charge in [-0.05, 0) is 37.1 Å². The lowest BCUT2D eigenvalue weighted by Crippen LogP contribution is -2.60. The van der Waals surface area contributed by atoms with Crippen molar-refractivity contribution >= 4 is 41.3 Å². The first-order valence-corrected chi connectivity index (χ1v) is 12.7. The van der Waals surface area contributed by atoms with Gasteiger partial charge in [0.25, 0.3) is 17.7 Å². The maximum Gasteiger partial charge on any atom is 0.329 e. The molecule has 1 unspecified atom stereocenters. The maximum atomic E-state index is 13.1. The molecule has 1 heterocycles. The molecule has 0 saturated carbocycles. The second-order valence-electron chi connectivity index (χ2n) is 9.19. The predicted octanol–water partition coefficient (Wildman–Crippen LogP) is -0.288. The van der Waals surface area contributed by atoms with E-state index in [1.54, 1.807) is 24.3 Å². The lowest BCUT2D eigenvalue weighted by molar-refractivity contribution is -0.207. The first-order chi connectivity index (χ1) is 19.5. The Labute approximate surface area is 236 Å². The molecule has 2 aromatic carbocycles. The van der Waals surface area contributed by atoms with Gasteiger partial charge in [-0.2, -0.15) is 5.06 Å². The smallest absolute Gasteiger partial charge is 0.329 e. The van der Waals surface area contributed by atoms with Gasteiger partial charge in [0.05, 0.1) is 13.1 Å². The first kappa shape index (κ1) is 30.3. The summed E-state index contributed by atoms with van der Waals surface area (Å²) in [5.41, 5.74) is 12.4. The van der Waals surface area contributed by atoms with Gasteiger partial charge in [-0.25, -0.2) is 0 Å². The van der Waals surface area contributed by atoms with Gasteiger partial charge < -0.3 is 31.8 Å². The van der Waals surface area contributed by atoms with Crippen molar-refractivity contribution in [1.82, 2.24) is 20.6 Å². The Hall–Kier alpha value is -5.27. The van der Waals surface area contributed by atoms with Gasteiger partial charge in [0.15, 0.2) is 0 Å². The van der Waals surface area contributed by atoms with Crippen LogP contribution in [-0.4, -0.2) is 83.5 Å². The molecule has 1 aliphatic rings. The third-order valence-corrected chi connectivity index (χ3v) is 6.27. The molecule has 2 aromatic rings. The van der Waals surface area contributed by atoms with Gasteiger partial charge >= 0.3 is 5.97 Å². The molecule has 1 aliphatic heterocycles. The third-order valence-electron chi connectivity index (χ3n) is 6.27. The van der Waals surface area contributed by atoms with Crippen molar-refractivity contribution in [3.63, 3.8) is 0 Å². The zero-order chi connectivity index (χ0) is 30.1. The van der Waals surface area contributed by atoms with E-state index in [0.717, 1.165) is 12.0 Å². The fourth-order valence-electron chi connectivity index (χ4n) is 4.15. The molecule has 4 amide bonds. The molecular weight excluding hydrogens is 532 g/mol. The second-order valence-corrected chi connectivity index (χ2v) is 9.19. The maximum absolute atomic E-state index is 13.1.